The number of nitrogens with one attached hydrogen (secondary N) is 1. The molecule has 1 amide bonds. The van der Waals surface area contributed by atoms with Crippen molar-refractivity contribution in [2.75, 3.05) is 5.32 Å². The van der Waals surface area contributed by atoms with E-state index in [1.807, 2.05) is 30.3 Å². The number of nitrogens with zero attached hydrogens (tertiary/aromatic N) is 3. The largest absolute Gasteiger partial charge is 0.298 e. The Kier molecular flexibility index (Phi) is 4.86. The van der Waals surface area contributed by atoms with Crippen molar-refractivity contribution in [3.8, 4) is 22.6 Å². The minimum absolute atomic E-state index is 0.0345. The van der Waals surface area contributed by atoms with Crippen LogP contribution in [0.2, 0.25) is 0 Å². The molecule has 5 nitrogen and oxygen atoms in total. The number of anilines is 1. The van der Waals surface area contributed by atoms with Gasteiger partial charge in [0.1, 0.15) is 11.6 Å². The van der Waals surface area contributed by atoms with Crippen LogP contribution in [-0.4, -0.2) is 20.9 Å². The lowest BCUT2D eigenvalue weighted by Crippen LogP contribution is -2.12. The highest BCUT2D eigenvalue weighted by Gasteiger charge is 2.14. The molecule has 28 heavy (non-hydrogen) atoms. The SMILES string of the molecule is O=C(Nc1nc(-c2cc(F)ccc2F)cs1)c1cnc(-c2ccccc2)nc1. The topological polar surface area (TPSA) is 67.8 Å². The third kappa shape index (κ3) is 3.77. The highest BCUT2D eigenvalue weighted by atomic mass is 32.1. The molecule has 4 rings (SSSR count). The van der Waals surface area contributed by atoms with E-state index in [9.17, 15) is 13.6 Å². The van der Waals surface area contributed by atoms with Gasteiger partial charge in [-0.05, 0) is 18.2 Å². The van der Waals surface area contributed by atoms with E-state index < -0.39 is 17.5 Å². The van der Waals surface area contributed by atoms with Crippen LogP contribution in [0.1, 0.15) is 10.4 Å². The third-order valence-electron chi connectivity index (χ3n) is 3.88. The molecule has 2 aromatic carbocycles. The molecule has 8 heteroatoms. The summed E-state index contributed by atoms with van der Waals surface area (Å²) in [4.78, 5) is 24.9. The number of halogens is 2. The average Bonchev–Trinajstić information content (AvgIpc) is 3.19. The Balaban J connectivity index is 1.50. The van der Waals surface area contributed by atoms with E-state index in [0.29, 0.717) is 5.82 Å². The fourth-order valence-electron chi connectivity index (χ4n) is 2.50. The van der Waals surface area contributed by atoms with Crippen LogP contribution >= 0.6 is 11.3 Å². The second-order valence-corrected chi connectivity index (χ2v) is 6.64. The third-order valence-corrected chi connectivity index (χ3v) is 4.63. The van der Waals surface area contributed by atoms with Gasteiger partial charge < -0.3 is 0 Å². The molecule has 0 fully saturated rings. The zero-order chi connectivity index (χ0) is 19.5. The number of thiazole rings is 1. The van der Waals surface area contributed by atoms with E-state index in [1.165, 1.54) is 12.4 Å². The highest BCUT2D eigenvalue weighted by Crippen LogP contribution is 2.28. The second kappa shape index (κ2) is 7.61. The summed E-state index contributed by atoms with van der Waals surface area (Å²) in [7, 11) is 0. The number of aromatic nitrogens is 3. The van der Waals surface area contributed by atoms with Gasteiger partial charge in [0.25, 0.3) is 5.91 Å². The molecule has 0 unspecified atom stereocenters. The number of hydrogen-bond donors (Lipinski definition) is 1. The van der Waals surface area contributed by atoms with E-state index in [1.54, 1.807) is 5.38 Å². The Morgan fingerprint density at radius 2 is 1.75 bits per heavy atom. The number of rotatable bonds is 4. The molecule has 0 spiro atoms. The van der Waals surface area contributed by atoms with Gasteiger partial charge in [0, 0.05) is 28.9 Å². The van der Waals surface area contributed by atoms with Crippen molar-refractivity contribution in [3.05, 3.63) is 83.5 Å². The lowest BCUT2D eigenvalue weighted by molar-refractivity contribution is 0.102. The maximum atomic E-state index is 13.9. The first-order valence-electron chi connectivity index (χ1n) is 8.20. The molecule has 0 radical (unpaired) electrons. The predicted octanol–water partition coefficient (Wildman–Crippen LogP) is 4.80. The average molecular weight is 394 g/mol. The fourth-order valence-corrected chi connectivity index (χ4v) is 3.21. The van der Waals surface area contributed by atoms with Gasteiger partial charge in [-0.3, -0.25) is 10.1 Å². The molecule has 0 bridgehead atoms. The van der Waals surface area contributed by atoms with Crippen LogP contribution in [0.25, 0.3) is 22.6 Å². The Morgan fingerprint density at radius 1 is 1.00 bits per heavy atom. The summed E-state index contributed by atoms with van der Waals surface area (Å²) in [5.41, 5.74) is 1.38. The smallest absolute Gasteiger partial charge is 0.260 e. The highest BCUT2D eigenvalue weighted by molar-refractivity contribution is 7.14. The Hall–Kier alpha value is -3.52. The van der Waals surface area contributed by atoms with Gasteiger partial charge in [-0.2, -0.15) is 0 Å². The Bertz CT molecular complexity index is 1130. The summed E-state index contributed by atoms with van der Waals surface area (Å²) < 4.78 is 27.2. The van der Waals surface area contributed by atoms with Gasteiger partial charge in [-0.1, -0.05) is 30.3 Å². The van der Waals surface area contributed by atoms with Gasteiger partial charge >= 0.3 is 0 Å². The zero-order valence-corrected chi connectivity index (χ0v) is 15.1. The minimum atomic E-state index is -0.588. The number of amides is 1. The summed E-state index contributed by atoms with van der Waals surface area (Å²) in [6.45, 7) is 0. The second-order valence-electron chi connectivity index (χ2n) is 5.78. The van der Waals surface area contributed by atoms with E-state index in [4.69, 9.17) is 0 Å². The Labute approximate surface area is 162 Å². The molecule has 0 atom stereocenters. The van der Waals surface area contributed by atoms with Crippen molar-refractivity contribution in [3.63, 3.8) is 0 Å². The van der Waals surface area contributed by atoms with E-state index in [-0.39, 0.29) is 22.0 Å². The zero-order valence-electron chi connectivity index (χ0n) is 14.3. The Morgan fingerprint density at radius 3 is 2.50 bits per heavy atom. The molecule has 0 saturated carbocycles. The molecule has 0 aliphatic carbocycles. The number of hydrogen-bond acceptors (Lipinski definition) is 5. The predicted molar refractivity (Wildman–Crippen MR) is 103 cm³/mol. The molecule has 2 aromatic heterocycles. The van der Waals surface area contributed by atoms with Crippen molar-refractivity contribution in [2.24, 2.45) is 0 Å². The molecule has 4 aromatic rings. The molecule has 1 N–H and O–H groups in total. The van der Waals surface area contributed by atoms with E-state index in [2.05, 4.69) is 20.3 Å². The quantitative estimate of drug-likeness (QED) is 0.540. The molecular weight excluding hydrogens is 382 g/mol. The molecule has 0 saturated heterocycles. The molecule has 0 aliphatic rings. The van der Waals surface area contributed by atoms with Gasteiger partial charge in [0.2, 0.25) is 0 Å². The standard InChI is InChI=1S/C20H12F2N4OS/c21-14-6-7-16(22)15(8-14)17-11-28-20(25-17)26-19(27)13-9-23-18(24-10-13)12-4-2-1-3-5-12/h1-11H,(H,25,26,27). The molecule has 138 valence electrons. The summed E-state index contributed by atoms with van der Waals surface area (Å²) >= 11 is 1.11. The molecular formula is C20H12F2N4OS. The first-order valence-corrected chi connectivity index (χ1v) is 9.08. The van der Waals surface area contributed by atoms with Crippen LogP contribution in [0.5, 0.6) is 0 Å². The van der Waals surface area contributed by atoms with Crippen LogP contribution in [0.15, 0.2) is 66.3 Å². The van der Waals surface area contributed by atoms with Crippen molar-refractivity contribution < 1.29 is 13.6 Å². The van der Waals surface area contributed by atoms with Crippen molar-refractivity contribution in [1.29, 1.82) is 0 Å². The van der Waals surface area contributed by atoms with Gasteiger partial charge in [-0.25, -0.2) is 23.7 Å². The number of benzene rings is 2. The lowest BCUT2D eigenvalue weighted by atomic mass is 10.1. The van der Waals surface area contributed by atoms with Gasteiger partial charge in [-0.15, -0.1) is 11.3 Å². The van der Waals surface area contributed by atoms with Crippen LogP contribution < -0.4 is 5.32 Å². The van der Waals surface area contributed by atoms with E-state index in [0.717, 1.165) is 35.1 Å². The first kappa shape index (κ1) is 17.9. The summed E-state index contributed by atoms with van der Waals surface area (Å²) in [5, 5.41) is 4.42. The minimum Gasteiger partial charge on any atom is -0.298 e. The van der Waals surface area contributed by atoms with Crippen molar-refractivity contribution >= 4 is 22.4 Å². The van der Waals surface area contributed by atoms with Crippen LogP contribution in [0.3, 0.4) is 0 Å². The maximum Gasteiger partial charge on any atom is 0.260 e. The first-order chi connectivity index (χ1) is 13.6. The van der Waals surface area contributed by atoms with Crippen molar-refractivity contribution in [1.82, 2.24) is 15.0 Å². The lowest BCUT2D eigenvalue weighted by Gasteiger charge is -2.03. The molecule has 0 aliphatic heterocycles. The van der Waals surface area contributed by atoms with Gasteiger partial charge in [0.15, 0.2) is 11.0 Å². The summed E-state index contributed by atoms with van der Waals surface area (Å²) in [5.74, 6) is -1.09. The van der Waals surface area contributed by atoms with Crippen LogP contribution in [0.4, 0.5) is 13.9 Å². The summed E-state index contributed by atoms with van der Waals surface area (Å²) in [6, 6.07) is 12.5. The van der Waals surface area contributed by atoms with Crippen LogP contribution in [0, 0.1) is 11.6 Å². The van der Waals surface area contributed by atoms with Crippen molar-refractivity contribution in [2.45, 2.75) is 0 Å². The summed E-state index contributed by atoms with van der Waals surface area (Å²) in [6.07, 6.45) is 2.84. The van der Waals surface area contributed by atoms with E-state index >= 15 is 0 Å². The normalized spacial score (nSPS) is 10.6. The van der Waals surface area contributed by atoms with Gasteiger partial charge in [0.05, 0.1) is 11.3 Å². The maximum absolute atomic E-state index is 13.9. The van der Waals surface area contributed by atoms with Crippen LogP contribution in [-0.2, 0) is 0 Å². The molecule has 2 heterocycles. The number of carbonyl (C=O) groups excluding carboxylic acids is 1. The number of carbonyl (C=O) groups is 1. The fraction of sp³-hybridized carbons (Fsp3) is 0. The monoisotopic (exact) mass is 394 g/mol.